The number of hydrogen-bond donors (Lipinski definition) is 1. The van der Waals surface area contributed by atoms with Crippen LogP contribution in [-0.4, -0.2) is 26.2 Å². The molecule has 1 aromatic heterocycles. The van der Waals surface area contributed by atoms with Crippen LogP contribution in [0.1, 0.15) is 23.3 Å². The topological polar surface area (TPSA) is 47.6 Å². The lowest BCUT2D eigenvalue weighted by atomic mass is 9.73. The quantitative estimate of drug-likeness (QED) is 0.916. The van der Waals surface area contributed by atoms with Crippen LogP contribution < -0.4 is 10.1 Å². The van der Waals surface area contributed by atoms with E-state index in [-0.39, 0.29) is 5.91 Å². The molecule has 0 aliphatic carbocycles. The second-order valence-electron chi connectivity index (χ2n) is 5.69. The van der Waals surface area contributed by atoms with Gasteiger partial charge in [0.05, 0.1) is 19.1 Å². The molecule has 5 heteroatoms. The maximum absolute atomic E-state index is 13.0. The van der Waals surface area contributed by atoms with Gasteiger partial charge in [0.2, 0.25) is 5.91 Å². The van der Waals surface area contributed by atoms with Gasteiger partial charge >= 0.3 is 0 Å². The monoisotopic (exact) mass is 331 g/mol. The number of thiophene rings is 1. The number of carbonyl (C=O) groups is 1. The molecule has 1 saturated heterocycles. The van der Waals surface area contributed by atoms with Gasteiger partial charge in [-0.15, -0.1) is 11.3 Å². The summed E-state index contributed by atoms with van der Waals surface area (Å²) in [5.41, 5.74) is 0.521. The molecule has 4 nitrogen and oxygen atoms in total. The molecule has 2 aromatic rings. The first-order valence-electron chi connectivity index (χ1n) is 7.77. The fraction of sp³-hybridized carbons (Fsp3) is 0.389. The summed E-state index contributed by atoms with van der Waals surface area (Å²) >= 11 is 1.66. The highest BCUT2D eigenvalue weighted by Crippen LogP contribution is 2.36. The second-order valence-corrected chi connectivity index (χ2v) is 6.72. The molecule has 1 aliphatic rings. The lowest BCUT2D eigenvalue weighted by molar-refractivity contribution is -0.130. The Morgan fingerprint density at radius 2 is 2.00 bits per heavy atom. The third-order valence-corrected chi connectivity index (χ3v) is 5.30. The van der Waals surface area contributed by atoms with Crippen molar-refractivity contribution in [3.63, 3.8) is 0 Å². The van der Waals surface area contributed by atoms with Crippen molar-refractivity contribution in [2.45, 2.75) is 24.8 Å². The van der Waals surface area contributed by atoms with Crippen LogP contribution in [-0.2, 0) is 21.5 Å². The number of ether oxygens (including phenoxy) is 2. The molecule has 0 radical (unpaired) electrons. The molecular formula is C18H21NO3S. The van der Waals surface area contributed by atoms with Crippen LogP contribution in [0.15, 0.2) is 41.8 Å². The van der Waals surface area contributed by atoms with Gasteiger partial charge in [0.25, 0.3) is 0 Å². The van der Waals surface area contributed by atoms with E-state index in [2.05, 4.69) is 5.32 Å². The summed E-state index contributed by atoms with van der Waals surface area (Å²) in [4.78, 5) is 14.1. The molecule has 1 N–H and O–H groups in total. The van der Waals surface area contributed by atoms with E-state index in [4.69, 9.17) is 9.47 Å². The highest BCUT2D eigenvalue weighted by atomic mass is 32.1. The Kier molecular flexibility index (Phi) is 4.98. The zero-order valence-corrected chi connectivity index (χ0v) is 14.0. The average Bonchev–Trinajstić information content (AvgIpc) is 3.14. The number of rotatable bonds is 5. The van der Waals surface area contributed by atoms with Crippen molar-refractivity contribution in [3.8, 4) is 5.75 Å². The van der Waals surface area contributed by atoms with E-state index in [1.165, 1.54) is 0 Å². The average molecular weight is 331 g/mol. The van der Waals surface area contributed by atoms with Gasteiger partial charge < -0.3 is 14.8 Å². The first kappa shape index (κ1) is 16.0. The summed E-state index contributed by atoms with van der Waals surface area (Å²) in [7, 11) is 1.65. The Morgan fingerprint density at radius 3 is 2.61 bits per heavy atom. The minimum atomic E-state index is -0.512. The summed E-state index contributed by atoms with van der Waals surface area (Å²) in [6.07, 6.45) is 1.41. The van der Waals surface area contributed by atoms with E-state index >= 15 is 0 Å². The second kappa shape index (κ2) is 7.15. The van der Waals surface area contributed by atoms with Gasteiger partial charge in [-0.2, -0.15) is 0 Å². The number of amides is 1. The molecule has 23 heavy (non-hydrogen) atoms. The highest BCUT2D eigenvalue weighted by Gasteiger charge is 2.41. The van der Waals surface area contributed by atoms with E-state index < -0.39 is 5.41 Å². The van der Waals surface area contributed by atoms with Gasteiger partial charge in [0.15, 0.2) is 0 Å². The fourth-order valence-electron chi connectivity index (χ4n) is 3.03. The van der Waals surface area contributed by atoms with Crippen molar-refractivity contribution in [2.75, 3.05) is 20.3 Å². The van der Waals surface area contributed by atoms with Gasteiger partial charge in [0.1, 0.15) is 5.75 Å². The Bertz CT molecular complexity index is 631. The van der Waals surface area contributed by atoms with Crippen LogP contribution in [0, 0.1) is 0 Å². The van der Waals surface area contributed by atoms with Gasteiger partial charge in [-0.3, -0.25) is 4.79 Å². The SMILES string of the molecule is COc1ccc(C2(C(=O)NCc3cccs3)CCOCC2)cc1. The predicted octanol–water partition coefficient (Wildman–Crippen LogP) is 3.12. The minimum Gasteiger partial charge on any atom is -0.497 e. The third-order valence-electron chi connectivity index (χ3n) is 4.43. The summed E-state index contributed by atoms with van der Waals surface area (Å²) < 4.78 is 10.7. The normalized spacial score (nSPS) is 16.7. The van der Waals surface area contributed by atoms with Gasteiger partial charge in [-0.25, -0.2) is 0 Å². The lowest BCUT2D eigenvalue weighted by Crippen LogP contribution is -2.47. The summed E-state index contributed by atoms with van der Waals surface area (Å²) in [5.74, 6) is 0.884. The van der Waals surface area contributed by atoms with Crippen molar-refractivity contribution in [1.29, 1.82) is 0 Å². The van der Waals surface area contributed by atoms with Crippen LogP contribution in [0.4, 0.5) is 0 Å². The van der Waals surface area contributed by atoms with E-state index in [0.29, 0.717) is 32.6 Å². The molecule has 0 bridgehead atoms. The highest BCUT2D eigenvalue weighted by molar-refractivity contribution is 7.09. The van der Waals surface area contributed by atoms with E-state index in [1.807, 2.05) is 41.8 Å². The molecule has 0 spiro atoms. The summed E-state index contributed by atoms with van der Waals surface area (Å²) in [5, 5.41) is 5.13. The number of hydrogen-bond acceptors (Lipinski definition) is 4. The van der Waals surface area contributed by atoms with Crippen LogP contribution >= 0.6 is 11.3 Å². The summed E-state index contributed by atoms with van der Waals surface area (Å²) in [6.45, 7) is 1.80. The molecule has 0 atom stereocenters. The Hall–Kier alpha value is -1.85. The Labute approximate surface area is 140 Å². The molecule has 2 heterocycles. The van der Waals surface area contributed by atoms with Crippen LogP contribution in [0.5, 0.6) is 5.75 Å². The molecule has 1 aliphatic heterocycles. The summed E-state index contributed by atoms with van der Waals surface area (Å²) in [6, 6.07) is 11.9. The molecular weight excluding hydrogens is 310 g/mol. The molecule has 1 fully saturated rings. The molecule has 122 valence electrons. The number of carbonyl (C=O) groups excluding carboxylic acids is 1. The number of methoxy groups -OCH3 is 1. The molecule has 1 aromatic carbocycles. The van der Waals surface area contributed by atoms with E-state index in [9.17, 15) is 4.79 Å². The largest absolute Gasteiger partial charge is 0.497 e. The van der Waals surface area contributed by atoms with Gasteiger partial charge in [0, 0.05) is 18.1 Å². The Morgan fingerprint density at radius 1 is 1.26 bits per heavy atom. The molecule has 0 unspecified atom stereocenters. The first-order chi connectivity index (χ1) is 11.2. The standard InChI is InChI=1S/C18H21NO3S/c1-21-15-6-4-14(5-7-15)18(8-10-22-11-9-18)17(20)19-13-16-3-2-12-23-16/h2-7,12H,8-11,13H2,1H3,(H,19,20). The smallest absolute Gasteiger partial charge is 0.231 e. The minimum absolute atomic E-state index is 0.0827. The third kappa shape index (κ3) is 3.41. The van der Waals surface area contributed by atoms with Gasteiger partial charge in [-0.1, -0.05) is 18.2 Å². The van der Waals surface area contributed by atoms with Crippen LogP contribution in [0.25, 0.3) is 0 Å². The first-order valence-corrected chi connectivity index (χ1v) is 8.65. The van der Waals surface area contributed by atoms with E-state index in [0.717, 1.165) is 16.2 Å². The maximum atomic E-state index is 13.0. The molecule has 0 saturated carbocycles. The zero-order chi connectivity index (χ0) is 16.1. The van der Waals surface area contributed by atoms with Crippen molar-refractivity contribution in [2.24, 2.45) is 0 Å². The number of nitrogens with one attached hydrogen (secondary N) is 1. The number of benzene rings is 1. The molecule has 3 rings (SSSR count). The molecule has 1 amide bonds. The zero-order valence-electron chi connectivity index (χ0n) is 13.2. The maximum Gasteiger partial charge on any atom is 0.231 e. The fourth-order valence-corrected chi connectivity index (χ4v) is 3.67. The van der Waals surface area contributed by atoms with Crippen molar-refractivity contribution in [3.05, 3.63) is 52.2 Å². The Balaban J connectivity index is 1.81. The van der Waals surface area contributed by atoms with Crippen molar-refractivity contribution >= 4 is 17.2 Å². The van der Waals surface area contributed by atoms with Gasteiger partial charge in [-0.05, 0) is 42.0 Å². The van der Waals surface area contributed by atoms with Crippen molar-refractivity contribution < 1.29 is 14.3 Å². The van der Waals surface area contributed by atoms with Crippen LogP contribution in [0.3, 0.4) is 0 Å². The van der Waals surface area contributed by atoms with E-state index in [1.54, 1.807) is 18.4 Å². The lowest BCUT2D eigenvalue weighted by Gasteiger charge is -2.36. The van der Waals surface area contributed by atoms with Crippen molar-refractivity contribution in [1.82, 2.24) is 5.32 Å². The van der Waals surface area contributed by atoms with Crippen LogP contribution in [0.2, 0.25) is 0 Å². The predicted molar refractivity (Wildman–Crippen MR) is 90.9 cm³/mol.